The van der Waals surface area contributed by atoms with Gasteiger partial charge in [-0.1, -0.05) is 6.92 Å². The maximum Gasteiger partial charge on any atom is 0.170 e. The predicted octanol–water partition coefficient (Wildman–Crippen LogP) is 2.67. The summed E-state index contributed by atoms with van der Waals surface area (Å²) >= 11 is 1.87. The van der Waals surface area contributed by atoms with E-state index < -0.39 is 0 Å². The number of aryl methyl sites for hydroxylation is 1. The fourth-order valence-corrected chi connectivity index (χ4v) is 4.51. The van der Waals surface area contributed by atoms with Crippen molar-refractivity contribution in [3.05, 3.63) is 21.9 Å². The molecule has 118 valence electrons. The Bertz CT molecular complexity index is 461. The number of likely N-dealkylation sites (tertiary alicyclic amines) is 1. The maximum atomic E-state index is 6.44. The van der Waals surface area contributed by atoms with Gasteiger partial charge >= 0.3 is 0 Å². The van der Waals surface area contributed by atoms with Crippen LogP contribution in [0.4, 0.5) is 0 Å². The van der Waals surface area contributed by atoms with E-state index in [1.165, 1.54) is 9.75 Å². The summed E-state index contributed by atoms with van der Waals surface area (Å²) in [5.41, 5.74) is 6.44. The second-order valence-corrected chi connectivity index (χ2v) is 7.43. The van der Waals surface area contributed by atoms with E-state index >= 15 is 0 Å². The van der Waals surface area contributed by atoms with Crippen LogP contribution < -0.4 is 5.73 Å². The zero-order chi connectivity index (χ0) is 14.9. The largest absolute Gasteiger partial charge is 0.347 e. The smallest absolute Gasteiger partial charge is 0.170 e. The van der Waals surface area contributed by atoms with E-state index in [0.717, 1.165) is 45.6 Å². The molecule has 2 atom stereocenters. The molecule has 1 aromatic heterocycles. The van der Waals surface area contributed by atoms with Crippen LogP contribution in [0.3, 0.4) is 0 Å². The molecule has 2 aliphatic heterocycles. The van der Waals surface area contributed by atoms with Crippen molar-refractivity contribution < 1.29 is 9.47 Å². The summed E-state index contributed by atoms with van der Waals surface area (Å²) in [4.78, 5) is 5.27. The summed E-state index contributed by atoms with van der Waals surface area (Å²) in [7, 11) is 0. The molecule has 3 heterocycles. The molecule has 4 nitrogen and oxygen atoms in total. The quantitative estimate of drug-likeness (QED) is 0.929. The highest BCUT2D eigenvalue weighted by Crippen LogP contribution is 2.37. The van der Waals surface area contributed by atoms with E-state index in [1.54, 1.807) is 0 Å². The van der Waals surface area contributed by atoms with Crippen molar-refractivity contribution in [1.29, 1.82) is 0 Å². The van der Waals surface area contributed by atoms with Gasteiger partial charge in [-0.2, -0.15) is 0 Å². The normalized spacial score (nSPS) is 25.3. The Morgan fingerprint density at radius 2 is 1.95 bits per heavy atom. The third kappa shape index (κ3) is 3.17. The standard InChI is InChI=1S/C16H26N2O2S/c1-3-13(17)15(14-5-4-12(2)21-14)18-8-6-16(7-9-18)19-10-11-20-16/h4-5,13,15H,3,6-11,17H2,1-2H3. The van der Waals surface area contributed by atoms with Gasteiger partial charge in [0.1, 0.15) is 0 Å². The number of ether oxygens (including phenoxy) is 2. The van der Waals surface area contributed by atoms with Crippen molar-refractivity contribution >= 4 is 11.3 Å². The van der Waals surface area contributed by atoms with Gasteiger partial charge in [0.25, 0.3) is 0 Å². The molecule has 1 spiro atoms. The van der Waals surface area contributed by atoms with Crippen LogP contribution in [0.15, 0.2) is 12.1 Å². The van der Waals surface area contributed by atoms with Gasteiger partial charge in [-0.15, -0.1) is 11.3 Å². The molecule has 0 saturated carbocycles. The average Bonchev–Trinajstić information content (AvgIpc) is 3.11. The van der Waals surface area contributed by atoms with Crippen molar-refractivity contribution in [3.63, 3.8) is 0 Å². The van der Waals surface area contributed by atoms with Crippen LogP contribution in [0.25, 0.3) is 0 Å². The van der Waals surface area contributed by atoms with Crippen LogP contribution in [0.5, 0.6) is 0 Å². The minimum absolute atomic E-state index is 0.183. The second kappa shape index (κ2) is 6.34. The zero-order valence-corrected chi connectivity index (χ0v) is 13.8. The predicted molar refractivity (Wildman–Crippen MR) is 85.5 cm³/mol. The van der Waals surface area contributed by atoms with Crippen molar-refractivity contribution in [3.8, 4) is 0 Å². The Morgan fingerprint density at radius 1 is 1.29 bits per heavy atom. The zero-order valence-electron chi connectivity index (χ0n) is 13.0. The fourth-order valence-electron chi connectivity index (χ4n) is 3.43. The van der Waals surface area contributed by atoms with Crippen molar-refractivity contribution in [2.45, 2.75) is 51.0 Å². The monoisotopic (exact) mass is 310 g/mol. The lowest BCUT2D eigenvalue weighted by Crippen LogP contribution is -2.49. The van der Waals surface area contributed by atoms with Gasteiger partial charge in [-0.25, -0.2) is 0 Å². The fraction of sp³-hybridized carbons (Fsp3) is 0.750. The summed E-state index contributed by atoms with van der Waals surface area (Å²) in [5, 5.41) is 0. The van der Waals surface area contributed by atoms with Gasteiger partial charge in [0, 0.05) is 41.7 Å². The van der Waals surface area contributed by atoms with E-state index in [2.05, 4.69) is 30.9 Å². The van der Waals surface area contributed by atoms with Crippen LogP contribution in [-0.4, -0.2) is 43.0 Å². The van der Waals surface area contributed by atoms with Crippen LogP contribution in [-0.2, 0) is 9.47 Å². The van der Waals surface area contributed by atoms with Gasteiger partial charge in [-0.05, 0) is 25.5 Å². The number of rotatable bonds is 4. The molecule has 0 bridgehead atoms. The van der Waals surface area contributed by atoms with E-state index in [4.69, 9.17) is 15.2 Å². The molecule has 0 amide bonds. The molecule has 21 heavy (non-hydrogen) atoms. The number of thiophene rings is 1. The molecule has 2 aliphatic rings. The lowest BCUT2D eigenvalue weighted by molar-refractivity contribution is -0.188. The molecular formula is C16H26N2O2S. The number of hydrogen-bond acceptors (Lipinski definition) is 5. The summed E-state index contributed by atoms with van der Waals surface area (Å²) in [5.74, 6) is -0.303. The minimum atomic E-state index is -0.303. The van der Waals surface area contributed by atoms with Gasteiger partial charge < -0.3 is 15.2 Å². The van der Waals surface area contributed by atoms with Crippen LogP contribution in [0.1, 0.15) is 42.0 Å². The molecule has 5 heteroatoms. The number of nitrogens with zero attached hydrogens (tertiary/aromatic N) is 1. The first-order chi connectivity index (χ1) is 10.1. The van der Waals surface area contributed by atoms with E-state index in [1.807, 2.05) is 11.3 Å². The Balaban J connectivity index is 1.72. The van der Waals surface area contributed by atoms with Gasteiger partial charge in [0.15, 0.2) is 5.79 Å². The molecule has 2 N–H and O–H groups in total. The molecular weight excluding hydrogens is 284 g/mol. The first kappa shape index (κ1) is 15.4. The first-order valence-electron chi connectivity index (χ1n) is 7.97. The Hall–Kier alpha value is -0.460. The highest BCUT2D eigenvalue weighted by Gasteiger charge is 2.42. The lowest BCUT2D eigenvalue weighted by Gasteiger charge is -2.42. The highest BCUT2D eigenvalue weighted by molar-refractivity contribution is 7.12. The van der Waals surface area contributed by atoms with Gasteiger partial charge in [0.05, 0.1) is 19.3 Å². The van der Waals surface area contributed by atoms with E-state index in [0.29, 0.717) is 6.04 Å². The number of piperidine rings is 1. The van der Waals surface area contributed by atoms with E-state index in [9.17, 15) is 0 Å². The summed E-state index contributed by atoms with van der Waals surface area (Å²) in [6.07, 6.45) is 2.89. The van der Waals surface area contributed by atoms with Crippen LogP contribution in [0.2, 0.25) is 0 Å². The van der Waals surface area contributed by atoms with Gasteiger partial charge in [0.2, 0.25) is 0 Å². The molecule has 2 unspecified atom stereocenters. The topological polar surface area (TPSA) is 47.7 Å². The molecule has 1 aromatic rings. The Labute approximate surface area is 131 Å². The Morgan fingerprint density at radius 3 is 2.48 bits per heavy atom. The molecule has 0 radical (unpaired) electrons. The molecule has 2 saturated heterocycles. The van der Waals surface area contributed by atoms with Crippen LogP contribution in [0, 0.1) is 6.92 Å². The molecule has 0 aromatic carbocycles. The van der Waals surface area contributed by atoms with E-state index in [-0.39, 0.29) is 11.8 Å². The highest BCUT2D eigenvalue weighted by atomic mass is 32.1. The first-order valence-corrected chi connectivity index (χ1v) is 8.79. The third-order valence-corrected chi connectivity index (χ3v) is 5.77. The summed E-state index contributed by atoms with van der Waals surface area (Å²) in [6, 6.07) is 4.95. The summed E-state index contributed by atoms with van der Waals surface area (Å²) < 4.78 is 11.7. The number of hydrogen-bond donors (Lipinski definition) is 1. The molecule has 2 fully saturated rings. The van der Waals surface area contributed by atoms with Crippen LogP contribution >= 0.6 is 11.3 Å². The molecule has 3 rings (SSSR count). The average molecular weight is 310 g/mol. The third-order valence-electron chi connectivity index (χ3n) is 4.70. The number of nitrogens with two attached hydrogens (primary N) is 1. The van der Waals surface area contributed by atoms with Gasteiger partial charge in [-0.3, -0.25) is 4.90 Å². The maximum absolute atomic E-state index is 6.44. The Kier molecular flexibility index (Phi) is 4.66. The van der Waals surface area contributed by atoms with Crippen molar-refractivity contribution in [2.24, 2.45) is 5.73 Å². The van der Waals surface area contributed by atoms with Crippen molar-refractivity contribution in [1.82, 2.24) is 4.90 Å². The second-order valence-electron chi connectivity index (χ2n) is 6.11. The SMILES string of the molecule is CCC(N)C(c1ccc(C)s1)N1CCC2(CC1)OCCO2. The summed E-state index contributed by atoms with van der Waals surface area (Å²) in [6.45, 7) is 7.80. The van der Waals surface area contributed by atoms with Crippen molar-refractivity contribution in [2.75, 3.05) is 26.3 Å². The molecule has 0 aliphatic carbocycles. The lowest BCUT2D eigenvalue weighted by atomic mass is 9.97. The minimum Gasteiger partial charge on any atom is -0.347 e.